The maximum absolute atomic E-state index is 12.6. The van der Waals surface area contributed by atoms with Crippen LogP contribution in [0.2, 0.25) is 0 Å². The van der Waals surface area contributed by atoms with Gasteiger partial charge < -0.3 is 24.4 Å². The number of hydrogen-bond donors (Lipinski definition) is 1. The van der Waals surface area contributed by atoms with Gasteiger partial charge in [-0.05, 0) is 68.8 Å². The molecule has 7 nitrogen and oxygen atoms in total. The molecule has 31 heavy (non-hydrogen) atoms. The maximum Gasteiger partial charge on any atom is 0.332 e. The minimum absolute atomic E-state index is 0.129. The molecule has 0 radical (unpaired) electrons. The number of esters is 1. The largest absolute Gasteiger partial charge is 0.494 e. The summed E-state index contributed by atoms with van der Waals surface area (Å²) in [6.45, 7) is 4.40. The summed E-state index contributed by atoms with van der Waals surface area (Å²) in [5, 5.41) is 12.2. The molecule has 1 fully saturated rings. The summed E-state index contributed by atoms with van der Waals surface area (Å²) in [4.78, 5) is 14.9. The molecule has 0 aliphatic carbocycles. The van der Waals surface area contributed by atoms with Gasteiger partial charge in [-0.1, -0.05) is 0 Å². The number of rotatable bonds is 8. The van der Waals surface area contributed by atoms with Gasteiger partial charge in [0.1, 0.15) is 17.6 Å². The first-order valence-corrected chi connectivity index (χ1v) is 10.5. The molecule has 2 aromatic rings. The number of carbonyl (C=O) groups is 1. The lowest BCUT2D eigenvalue weighted by Gasteiger charge is -2.29. The quantitative estimate of drug-likeness (QED) is 0.647. The minimum Gasteiger partial charge on any atom is -0.494 e. The lowest BCUT2D eigenvalue weighted by atomic mass is 10.0. The molecule has 7 heteroatoms. The fourth-order valence-electron chi connectivity index (χ4n) is 3.58. The Hall–Kier alpha value is -3.24. The zero-order chi connectivity index (χ0) is 22.2. The predicted molar refractivity (Wildman–Crippen MR) is 118 cm³/mol. The zero-order valence-electron chi connectivity index (χ0n) is 18.3. The molecule has 1 unspecified atom stereocenters. The summed E-state index contributed by atoms with van der Waals surface area (Å²) in [6.07, 6.45) is 2.03. The standard InChI is InChI=1S/C24H29N3O4/c1-4-30-21-13-18(14-22(15-21)31-20-9-11-27(2)12-10-20)23(24(28)29-3)26-19-7-5-17(16-25)6-8-19/h5-8,13-15,20,23,26H,4,9-12H2,1-3H3. The first-order chi connectivity index (χ1) is 15.0. The highest BCUT2D eigenvalue weighted by Crippen LogP contribution is 2.31. The highest BCUT2D eigenvalue weighted by atomic mass is 16.5. The number of nitrogens with one attached hydrogen (secondary N) is 1. The Morgan fingerprint density at radius 1 is 1.19 bits per heavy atom. The number of ether oxygens (including phenoxy) is 3. The van der Waals surface area contributed by atoms with Crippen LogP contribution in [0.1, 0.15) is 36.9 Å². The van der Waals surface area contributed by atoms with Crippen LogP contribution in [-0.2, 0) is 9.53 Å². The van der Waals surface area contributed by atoms with E-state index in [-0.39, 0.29) is 6.10 Å². The van der Waals surface area contributed by atoms with E-state index < -0.39 is 12.0 Å². The highest BCUT2D eigenvalue weighted by Gasteiger charge is 2.24. The molecule has 2 aromatic carbocycles. The van der Waals surface area contributed by atoms with Crippen LogP contribution in [0.15, 0.2) is 42.5 Å². The fraction of sp³-hybridized carbons (Fsp3) is 0.417. The topological polar surface area (TPSA) is 83.8 Å². The van der Waals surface area contributed by atoms with Gasteiger partial charge in [-0.3, -0.25) is 0 Å². The van der Waals surface area contributed by atoms with Gasteiger partial charge >= 0.3 is 5.97 Å². The van der Waals surface area contributed by atoms with E-state index in [2.05, 4.69) is 23.3 Å². The van der Waals surface area contributed by atoms with E-state index in [1.165, 1.54) is 7.11 Å². The molecule has 0 bridgehead atoms. The van der Waals surface area contributed by atoms with Gasteiger partial charge in [-0.2, -0.15) is 5.26 Å². The molecule has 1 atom stereocenters. The van der Waals surface area contributed by atoms with Gasteiger partial charge in [-0.15, -0.1) is 0 Å². The summed E-state index contributed by atoms with van der Waals surface area (Å²) in [7, 11) is 3.47. The average Bonchev–Trinajstić information content (AvgIpc) is 2.79. The van der Waals surface area contributed by atoms with Crippen molar-refractivity contribution in [1.29, 1.82) is 5.26 Å². The van der Waals surface area contributed by atoms with Crippen molar-refractivity contribution in [2.75, 3.05) is 39.2 Å². The van der Waals surface area contributed by atoms with Crippen LogP contribution in [0.3, 0.4) is 0 Å². The predicted octanol–water partition coefficient (Wildman–Crippen LogP) is 3.76. The number of likely N-dealkylation sites (tertiary alicyclic amines) is 1. The molecule has 0 aromatic heterocycles. The van der Waals surface area contributed by atoms with Crippen LogP contribution in [0.5, 0.6) is 11.5 Å². The van der Waals surface area contributed by atoms with E-state index in [9.17, 15) is 4.79 Å². The first-order valence-electron chi connectivity index (χ1n) is 10.5. The van der Waals surface area contributed by atoms with Crippen molar-refractivity contribution < 1.29 is 19.0 Å². The zero-order valence-corrected chi connectivity index (χ0v) is 18.3. The number of piperidine rings is 1. The summed E-state index contributed by atoms with van der Waals surface area (Å²) in [5.74, 6) is 0.882. The summed E-state index contributed by atoms with van der Waals surface area (Å²) >= 11 is 0. The van der Waals surface area contributed by atoms with E-state index in [4.69, 9.17) is 19.5 Å². The molecule has 3 rings (SSSR count). The van der Waals surface area contributed by atoms with Gasteiger partial charge in [0, 0.05) is 24.8 Å². The Bertz CT molecular complexity index is 915. The van der Waals surface area contributed by atoms with Gasteiger partial charge in [-0.25, -0.2) is 4.79 Å². The van der Waals surface area contributed by atoms with Crippen LogP contribution >= 0.6 is 0 Å². The van der Waals surface area contributed by atoms with Crippen LogP contribution < -0.4 is 14.8 Å². The third-order valence-electron chi connectivity index (χ3n) is 5.28. The SMILES string of the molecule is CCOc1cc(OC2CCN(C)CC2)cc(C(Nc2ccc(C#N)cc2)C(=O)OC)c1. The number of anilines is 1. The second-order valence-electron chi connectivity index (χ2n) is 7.58. The average molecular weight is 424 g/mol. The maximum atomic E-state index is 12.6. The fourth-order valence-corrected chi connectivity index (χ4v) is 3.58. The van der Waals surface area contributed by atoms with E-state index in [0.29, 0.717) is 34.9 Å². The van der Waals surface area contributed by atoms with Crippen LogP contribution in [0, 0.1) is 11.3 Å². The number of methoxy groups -OCH3 is 1. The van der Waals surface area contributed by atoms with Crippen molar-refractivity contribution in [1.82, 2.24) is 4.90 Å². The number of nitriles is 1. The van der Waals surface area contributed by atoms with Crippen molar-refractivity contribution in [3.8, 4) is 17.6 Å². The van der Waals surface area contributed by atoms with Gasteiger partial charge in [0.2, 0.25) is 0 Å². The smallest absolute Gasteiger partial charge is 0.332 e. The molecular formula is C24H29N3O4. The normalized spacial score (nSPS) is 15.5. The molecule has 1 heterocycles. The Labute approximate surface area is 183 Å². The van der Waals surface area contributed by atoms with Gasteiger partial charge in [0.15, 0.2) is 6.04 Å². The number of benzene rings is 2. The van der Waals surface area contributed by atoms with E-state index >= 15 is 0 Å². The lowest BCUT2D eigenvalue weighted by Crippen LogP contribution is -2.35. The highest BCUT2D eigenvalue weighted by molar-refractivity contribution is 5.81. The number of nitrogens with zero attached hydrogens (tertiary/aromatic N) is 2. The van der Waals surface area contributed by atoms with Gasteiger partial charge in [0.05, 0.1) is 25.3 Å². The lowest BCUT2D eigenvalue weighted by molar-refractivity contribution is -0.141. The van der Waals surface area contributed by atoms with Crippen molar-refractivity contribution >= 4 is 11.7 Å². The Kier molecular flexibility index (Phi) is 7.74. The van der Waals surface area contributed by atoms with Crippen LogP contribution in [-0.4, -0.2) is 50.8 Å². The summed E-state index contributed by atoms with van der Waals surface area (Å²) < 4.78 is 17.0. The Morgan fingerprint density at radius 2 is 1.87 bits per heavy atom. The van der Waals surface area contributed by atoms with Crippen molar-refractivity contribution in [2.24, 2.45) is 0 Å². The van der Waals surface area contributed by atoms with Crippen molar-refractivity contribution in [3.63, 3.8) is 0 Å². The third kappa shape index (κ3) is 6.12. The molecule has 1 aliphatic rings. The summed E-state index contributed by atoms with van der Waals surface area (Å²) in [5.41, 5.74) is 1.94. The third-order valence-corrected chi connectivity index (χ3v) is 5.28. The Morgan fingerprint density at radius 3 is 2.48 bits per heavy atom. The van der Waals surface area contributed by atoms with E-state index in [1.54, 1.807) is 24.3 Å². The minimum atomic E-state index is -0.752. The second kappa shape index (κ2) is 10.7. The molecular weight excluding hydrogens is 394 g/mol. The summed E-state index contributed by atoms with van der Waals surface area (Å²) in [6, 6.07) is 13.8. The van der Waals surface area contributed by atoms with Crippen LogP contribution in [0.25, 0.3) is 0 Å². The van der Waals surface area contributed by atoms with Crippen molar-refractivity contribution in [3.05, 3.63) is 53.6 Å². The number of hydrogen-bond acceptors (Lipinski definition) is 7. The molecule has 0 amide bonds. The molecule has 164 valence electrons. The molecule has 0 saturated carbocycles. The van der Waals surface area contributed by atoms with Gasteiger partial charge in [0.25, 0.3) is 0 Å². The number of carbonyl (C=O) groups excluding carboxylic acids is 1. The molecule has 0 spiro atoms. The first kappa shape index (κ1) is 22.4. The Balaban J connectivity index is 1.88. The van der Waals surface area contributed by atoms with Crippen molar-refractivity contribution in [2.45, 2.75) is 31.9 Å². The van der Waals surface area contributed by atoms with E-state index in [0.717, 1.165) is 25.9 Å². The molecule has 1 N–H and O–H groups in total. The molecule has 1 saturated heterocycles. The monoisotopic (exact) mass is 423 g/mol. The molecule has 1 aliphatic heterocycles. The second-order valence-corrected chi connectivity index (χ2v) is 7.58. The van der Waals surface area contributed by atoms with Crippen LogP contribution in [0.4, 0.5) is 5.69 Å². The van der Waals surface area contributed by atoms with E-state index in [1.807, 2.05) is 25.1 Å².